The van der Waals surface area contributed by atoms with E-state index in [1.165, 1.54) is 10.9 Å². The standard InChI is InChI=1S/C15H16N4O2/c1-15(2,3)21-14(20)10-5-4-6-12(7-10)19-13(17)11(8-16)9-18-19/h4-7,9H,17H2,1-3H3. The molecule has 2 aromatic rings. The van der Waals surface area contributed by atoms with Gasteiger partial charge in [0.2, 0.25) is 0 Å². The van der Waals surface area contributed by atoms with Gasteiger partial charge in [0.05, 0.1) is 17.4 Å². The normalized spacial score (nSPS) is 11.0. The van der Waals surface area contributed by atoms with Gasteiger partial charge in [0.1, 0.15) is 23.1 Å². The summed E-state index contributed by atoms with van der Waals surface area (Å²) < 4.78 is 6.73. The number of esters is 1. The third-order valence-electron chi connectivity index (χ3n) is 2.65. The zero-order valence-electron chi connectivity index (χ0n) is 12.1. The molecule has 6 heteroatoms. The molecule has 1 aromatic carbocycles. The van der Waals surface area contributed by atoms with E-state index in [4.69, 9.17) is 15.7 Å². The number of carbonyl (C=O) groups is 1. The van der Waals surface area contributed by atoms with Crippen molar-refractivity contribution in [2.24, 2.45) is 0 Å². The molecule has 0 atom stereocenters. The SMILES string of the molecule is CC(C)(C)OC(=O)c1cccc(-n2ncc(C#N)c2N)c1. The molecule has 108 valence electrons. The highest BCUT2D eigenvalue weighted by Crippen LogP contribution is 2.19. The largest absolute Gasteiger partial charge is 0.456 e. The van der Waals surface area contributed by atoms with Crippen molar-refractivity contribution >= 4 is 11.8 Å². The molecule has 0 bridgehead atoms. The Morgan fingerprint density at radius 1 is 1.43 bits per heavy atom. The molecule has 0 spiro atoms. The van der Waals surface area contributed by atoms with Crippen molar-refractivity contribution < 1.29 is 9.53 Å². The van der Waals surface area contributed by atoms with E-state index >= 15 is 0 Å². The first kappa shape index (κ1) is 14.6. The summed E-state index contributed by atoms with van der Waals surface area (Å²) in [5.74, 6) is -0.186. The summed E-state index contributed by atoms with van der Waals surface area (Å²) in [5, 5.41) is 12.9. The first-order valence-electron chi connectivity index (χ1n) is 6.39. The second-order valence-corrected chi connectivity index (χ2v) is 5.52. The van der Waals surface area contributed by atoms with Crippen LogP contribution in [0, 0.1) is 11.3 Å². The van der Waals surface area contributed by atoms with Crippen LogP contribution in [0.1, 0.15) is 36.7 Å². The molecule has 2 rings (SSSR count). The van der Waals surface area contributed by atoms with Gasteiger partial charge in [0.25, 0.3) is 0 Å². The van der Waals surface area contributed by atoms with Crippen molar-refractivity contribution in [1.82, 2.24) is 9.78 Å². The Morgan fingerprint density at radius 2 is 2.14 bits per heavy atom. The zero-order chi connectivity index (χ0) is 15.6. The number of rotatable bonds is 2. The number of benzene rings is 1. The predicted molar refractivity (Wildman–Crippen MR) is 77.9 cm³/mol. The van der Waals surface area contributed by atoms with E-state index < -0.39 is 11.6 Å². The third kappa shape index (κ3) is 3.20. The summed E-state index contributed by atoms with van der Waals surface area (Å²) >= 11 is 0. The number of nitrogens with zero attached hydrogens (tertiary/aromatic N) is 3. The van der Waals surface area contributed by atoms with Crippen molar-refractivity contribution in [3.8, 4) is 11.8 Å². The van der Waals surface area contributed by atoms with E-state index in [0.29, 0.717) is 11.3 Å². The lowest BCUT2D eigenvalue weighted by atomic mass is 10.1. The lowest BCUT2D eigenvalue weighted by Crippen LogP contribution is -2.24. The number of carbonyl (C=O) groups excluding carboxylic acids is 1. The maximum atomic E-state index is 12.1. The van der Waals surface area contributed by atoms with Crippen LogP contribution in [0.25, 0.3) is 5.69 Å². The summed E-state index contributed by atoms with van der Waals surface area (Å²) in [5.41, 5.74) is 6.56. The van der Waals surface area contributed by atoms with E-state index in [1.807, 2.05) is 6.07 Å². The summed E-state index contributed by atoms with van der Waals surface area (Å²) in [6.45, 7) is 5.41. The van der Waals surface area contributed by atoms with Gasteiger partial charge in [-0.25, -0.2) is 9.48 Å². The highest BCUT2D eigenvalue weighted by atomic mass is 16.6. The quantitative estimate of drug-likeness (QED) is 0.854. The molecule has 0 unspecified atom stereocenters. The fourth-order valence-corrected chi connectivity index (χ4v) is 1.75. The summed E-state index contributed by atoms with van der Waals surface area (Å²) in [6.07, 6.45) is 1.38. The Balaban J connectivity index is 2.36. The highest BCUT2D eigenvalue weighted by molar-refractivity contribution is 5.90. The van der Waals surface area contributed by atoms with Crippen LogP contribution < -0.4 is 5.73 Å². The molecular formula is C15H16N4O2. The van der Waals surface area contributed by atoms with Crippen molar-refractivity contribution in [3.05, 3.63) is 41.6 Å². The van der Waals surface area contributed by atoms with Gasteiger partial charge in [-0.05, 0) is 39.0 Å². The number of nitrogens with two attached hydrogens (primary N) is 1. The lowest BCUT2D eigenvalue weighted by Gasteiger charge is -2.19. The van der Waals surface area contributed by atoms with E-state index in [-0.39, 0.29) is 11.4 Å². The monoisotopic (exact) mass is 284 g/mol. The van der Waals surface area contributed by atoms with Crippen LogP contribution in [-0.4, -0.2) is 21.4 Å². The predicted octanol–water partition coefficient (Wildman–Crippen LogP) is 2.28. The molecule has 0 saturated heterocycles. The fraction of sp³-hybridized carbons (Fsp3) is 0.267. The van der Waals surface area contributed by atoms with Crippen LogP contribution in [-0.2, 0) is 4.74 Å². The first-order valence-corrected chi connectivity index (χ1v) is 6.39. The number of nitrogen functional groups attached to an aromatic ring is 1. The van der Waals surface area contributed by atoms with Crippen molar-refractivity contribution in [1.29, 1.82) is 5.26 Å². The second-order valence-electron chi connectivity index (χ2n) is 5.52. The molecule has 0 fully saturated rings. The number of hydrogen-bond acceptors (Lipinski definition) is 5. The van der Waals surface area contributed by atoms with Crippen LogP contribution in [0.15, 0.2) is 30.5 Å². The average Bonchev–Trinajstić information content (AvgIpc) is 2.78. The summed E-state index contributed by atoms with van der Waals surface area (Å²) in [6, 6.07) is 8.69. The molecule has 1 heterocycles. The van der Waals surface area contributed by atoms with Gasteiger partial charge in [-0.15, -0.1) is 0 Å². The maximum Gasteiger partial charge on any atom is 0.338 e. The third-order valence-corrected chi connectivity index (χ3v) is 2.65. The highest BCUT2D eigenvalue weighted by Gasteiger charge is 2.18. The summed E-state index contributed by atoms with van der Waals surface area (Å²) in [7, 11) is 0. The number of ether oxygens (including phenoxy) is 1. The Morgan fingerprint density at radius 3 is 2.71 bits per heavy atom. The van der Waals surface area contributed by atoms with Crippen molar-refractivity contribution in [2.45, 2.75) is 26.4 Å². The molecular weight excluding hydrogens is 268 g/mol. The van der Waals surface area contributed by atoms with Crippen LogP contribution >= 0.6 is 0 Å². The molecule has 0 aliphatic heterocycles. The van der Waals surface area contributed by atoms with Crippen LogP contribution in [0.3, 0.4) is 0 Å². The molecule has 0 radical (unpaired) electrons. The molecule has 0 saturated carbocycles. The lowest BCUT2D eigenvalue weighted by molar-refractivity contribution is 0.00695. The Hall–Kier alpha value is -2.81. The van der Waals surface area contributed by atoms with E-state index in [2.05, 4.69) is 5.10 Å². The zero-order valence-corrected chi connectivity index (χ0v) is 12.1. The Labute approximate surface area is 122 Å². The molecule has 0 amide bonds. The van der Waals surface area contributed by atoms with E-state index in [0.717, 1.165) is 0 Å². The molecule has 21 heavy (non-hydrogen) atoms. The van der Waals surface area contributed by atoms with Crippen LogP contribution in [0.2, 0.25) is 0 Å². The topological polar surface area (TPSA) is 93.9 Å². The number of nitriles is 1. The Kier molecular flexibility index (Phi) is 3.68. The Bertz CT molecular complexity index is 720. The average molecular weight is 284 g/mol. The minimum Gasteiger partial charge on any atom is -0.456 e. The summed E-state index contributed by atoms with van der Waals surface area (Å²) in [4.78, 5) is 12.1. The molecule has 0 aliphatic rings. The van der Waals surface area contributed by atoms with Gasteiger partial charge in [-0.1, -0.05) is 6.07 Å². The van der Waals surface area contributed by atoms with Gasteiger partial charge >= 0.3 is 5.97 Å². The number of aromatic nitrogens is 2. The maximum absolute atomic E-state index is 12.1. The minimum absolute atomic E-state index is 0.235. The fourth-order valence-electron chi connectivity index (χ4n) is 1.75. The molecule has 0 aliphatic carbocycles. The molecule has 2 N–H and O–H groups in total. The van der Waals surface area contributed by atoms with Crippen LogP contribution in [0.5, 0.6) is 0 Å². The molecule has 6 nitrogen and oxygen atoms in total. The van der Waals surface area contributed by atoms with Crippen LogP contribution in [0.4, 0.5) is 5.82 Å². The van der Waals surface area contributed by atoms with Gasteiger partial charge in [-0.3, -0.25) is 0 Å². The van der Waals surface area contributed by atoms with Gasteiger partial charge in [0, 0.05) is 0 Å². The van der Waals surface area contributed by atoms with Gasteiger partial charge < -0.3 is 10.5 Å². The number of hydrogen-bond donors (Lipinski definition) is 1. The smallest absolute Gasteiger partial charge is 0.338 e. The second kappa shape index (κ2) is 5.29. The first-order chi connectivity index (χ1) is 9.81. The van der Waals surface area contributed by atoms with Crippen molar-refractivity contribution in [2.75, 3.05) is 5.73 Å². The van der Waals surface area contributed by atoms with Gasteiger partial charge in [0.15, 0.2) is 0 Å². The minimum atomic E-state index is -0.564. The molecule has 1 aromatic heterocycles. The van der Waals surface area contributed by atoms with E-state index in [1.54, 1.807) is 45.0 Å². The van der Waals surface area contributed by atoms with E-state index in [9.17, 15) is 4.79 Å². The van der Waals surface area contributed by atoms with Crippen molar-refractivity contribution in [3.63, 3.8) is 0 Å². The number of anilines is 1. The van der Waals surface area contributed by atoms with Gasteiger partial charge in [-0.2, -0.15) is 10.4 Å².